The van der Waals surface area contributed by atoms with E-state index in [-0.39, 0.29) is 17.5 Å². The molecule has 1 aromatic rings. The fourth-order valence-electron chi connectivity index (χ4n) is 0.610. The van der Waals surface area contributed by atoms with Gasteiger partial charge in [-0.25, -0.2) is 4.21 Å². The molecule has 0 radical (unpaired) electrons. The number of nitrogens with two attached hydrogens (primary N) is 1. The Bertz CT molecular complexity index is 336. The molecule has 72 valence electrons. The monoisotopic (exact) mass is 205 g/mol. The van der Waals surface area contributed by atoms with Crippen LogP contribution in [0.4, 0.5) is 5.82 Å². The molecule has 1 heterocycles. The first-order valence-corrected chi connectivity index (χ1v) is 4.45. The van der Waals surface area contributed by atoms with Gasteiger partial charge in [0.1, 0.15) is 5.88 Å². The van der Waals surface area contributed by atoms with Crippen LogP contribution in [0.5, 0.6) is 0 Å². The van der Waals surface area contributed by atoms with Gasteiger partial charge in [-0.1, -0.05) is 5.16 Å². The van der Waals surface area contributed by atoms with E-state index in [1.807, 2.05) is 0 Å². The van der Waals surface area contributed by atoms with Crippen molar-refractivity contribution >= 4 is 22.8 Å². The molecule has 4 N–H and O–H groups in total. The van der Waals surface area contributed by atoms with Gasteiger partial charge in [0.25, 0.3) is 5.91 Å². The Balaban J connectivity index is 2.59. The minimum absolute atomic E-state index is 0.105. The topological polar surface area (TPSA) is 118 Å². The molecule has 0 spiro atoms. The molecule has 0 aliphatic rings. The van der Waals surface area contributed by atoms with Gasteiger partial charge >= 0.3 is 0 Å². The summed E-state index contributed by atoms with van der Waals surface area (Å²) in [6.45, 7) is 0. The molecule has 0 aliphatic heterocycles. The number of nitrogens with one attached hydrogen (secondary N) is 1. The molecule has 1 rings (SSSR count). The van der Waals surface area contributed by atoms with Crippen LogP contribution in [0.15, 0.2) is 10.6 Å². The lowest BCUT2D eigenvalue weighted by Crippen LogP contribution is -2.09. The van der Waals surface area contributed by atoms with Gasteiger partial charge in [-0.2, -0.15) is 0 Å². The largest absolute Gasteiger partial charge is 0.363 e. The van der Waals surface area contributed by atoms with Crippen molar-refractivity contribution in [2.75, 3.05) is 11.2 Å². The van der Waals surface area contributed by atoms with Gasteiger partial charge in [0, 0.05) is 6.07 Å². The van der Waals surface area contributed by atoms with Gasteiger partial charge in [0.15, 0.2) is 16.9 Å². The van der Waals surface area contributed by atoms with Crippen molar-refractivity contribution in [3.63, 3.8) is 0 Å². The Morgan fingerprint density at radius 3 is 3.00 bits per heavy atom. The summed E-state index contributed by atoms with van der Waals surface area (Å²) in [4.78, 5) is 10.5. The Kier molecular flexibility index (Phi) is 2.98. The Labute approximate surface area is 75.6 Å². The lowest BCUT2D eigenvalue weighted by molar-refractivity contribution is 0.0965. The maximum atomic E-state index is 10.5. The molecule has 1 atom stereocenters. The van der Waals surface area contributed by atoms with Crippen LogP contribution >= 0.6 is 0 Å². The number of nitrogens with zero attached hydrogens (tertiary/aromatic N) is 1. The lowest BCUT2D eigenvalue weighted by Gasteiger charge is -1.94. The van der Waals surface area contributed by atoms with E-state index in [0.717, 1.165) is 0 Å². The molecule has 7 nitrogen and oxygen atoms in total. The molecule has 1 aromatic heterocycles. The highest BCUT2D eigenvalue weighted by molar-refractivity contribution is 7.79. The predicted octanol–water partition coefficient (Wildman–Crippen LogP) is -0.635. The maximum Gasteiger partial charge on any atom is 0.287 e. The molecule has 0 aliphatic carbocycles. The first kappa shape index (κ1) is 9.68. The highest BCUT2D eigenvalue weighted by atomic mass is 32.2. The SMILES string of the molecule is NC(=O)c1cc(NCS(=O)O)no1. The fraction of sp³-hybridized carbons (Fsp3) is 0.200. The van der Waals surface area contributed by atoms with E-state index >= 15 is 0 Å². The normalized spacial score (nSPS) is 12.4. The van der Waals surface area contributed by atoms with Crippen molar-refractivity contribution < 1.29 is 18.1 Å². The number of amides is 1. The van der Waals surface area contributed by atoms with Crippen molar-refractivity contribution in [2.45, 2.75) is 0 Å². The van der Waals surface area contributed by atoms with E-state index in [2.05, 4.69) is 15.0 Å². The number of aromatic nitrogens is 1. The molecular weight excluding hydrogens is 198 g/mol. The second-order valence-electron chi connectivity index (χ2n) is 2.08. The number of carbonyl (C=O) groups is 1. The highest BCUT2D eigenvalue weighted by Gasteiger charge is 2.08. The Morgan fingerprint density at radius 1 is 1.85 bits per heavy atom. The predicted molar refractivity (Wildman–Crippen MR) is 44.3 cm³/mol. The Morgan fingerprint density at radius 2 is 2.54 bits per heavy atom. The van der Waals surface area contributed by atoms with Crippen LogP contribution in [0.2, 0.25) is 0 Å². The van der Waals surface area contributed by atoms with Crippen molar-refractivity contribution in [3.05, 3.63) is 11.8 Å². The van der Waals surface area contributed by atoms with Crippen molar-refractivity contribution in [2.24, 2.45) is 5.73 Å². The molecule has 0 saturated carbocycles. The molecule has 0 bridgehead atoms. The van der Waals surface area contributed by atoms with Gasteiger partial charge in [-0.05, 0) is 0 Å². The minimum Gasteiger partial charge on any atom is -0.363 e. The molecular formula is C5H7N3O4S. The maximum absolute atomic E-state index is 10.5. The first-order valence-electron chi connectivity index (χ1n) is 3.17. The van der Waals surface area contributed by atoms with Crippen LogP contribution < -0.4 is 11.1 Å². The zero-order valence-electron chi connectivity index (χ0n) is 6.39. The van der Waals surface area contributed by atoms with Crippen molar-refractivity contribution in [3.8, 4) is 0 Å². The zero-order chi connectivity index (χ0) is 9.84. The van der Waals surface area contributed by atoms with Crippen LogP contribution in [-0.2, 0) is 11.1 Å². The van der Waals surface area contributed by atoms with E-state index < -0.39 is 17.0 Å². The third kappa shape index (κ3) is 2.84. The van der Waals surface area contributed by atoms with Gasteiger partial charge in [0.2, 0.25) is 5.76 Å². The van der Waals surface area contributed by atoms with Gasteiger partial charge in [0.05, 0.1) is 0 Å². The van der Waals surface area contributed by atoms with E-state index in [0.29, 0.717) is 0 Å². The van der Waals surface area contributed by atoms with Crippen LogP contribution in [0.1, 0.15) is 10.6 Å². The summed E-state index contributed by atoms with van der Waals surface area (Å²) in [7, 11) is 0. The summed E-state index contributed by atoms with van der Waals surface area (Å²) in [6.07, 6.45) is 0. The molecule has 1 unspecified atom stereocenters. The number of rotatable bonds is 4. The summed E-state index contributed by atoms with van der Waals surface area (Å²) in [5, 5.41) is 5.83. The third-order valence-electron chi connectivity index (χ3n) is 1.13. The van der Waals surface area contributed by atoms with Crippen molar-refractivity contribution in [1.82, 2.24) is 5.16 Å². The van der Waals surface area contributed by atoms with Gasteiger partial charge in [-0.15, -0.1) is 0 Å². The molecule has 0 aromatic carbocycles. The van der Waals surface area contributed by atoms with E-state index in [1.54, 1.807) is 0 Å². The van der Waals surface area contributed by atoms with Crippen LogP contribution in [0, 0.1) is 0 Å². The smallest absolute Gasteiger partial charge is 0.287 e. The standard InChI is InChI=1S/C5H7N3O4S/c6-5(9)3-1-4(8-12-3)7-2-13(10)11/h1H,2H2,(H2,6,9)(H,7,8)(H,10,11). The fourth-order valence-corrected chi connectivity index (χ4v) is 0.882. The second kappa shape index (κ2) is 4.01. The van der Waals surface area contributed by atoms with E-state index in [4.69, 9.17) is 10.3 Å². The summed E-state index contributed by atoms with van der Waals surface area (Å²) in [5.74, 6) is -0.849. The van der Waals surface area contributed by atoms with E-state index in [1.165, 1.54) is 6.07 Å². The van der Waals surface area contributed by atoms with Gasteiger partial charge in [-0.3, -0.25) is 4.79 Å². The molecule has 8 heteroatoms. The number of hydrogen-bond donors (Lipinski definition) is 3. The van der Waals surface area contributed by atoms with Crippen LogP contribution in [0.3, 0.4) is 0 Å². The highest BCUT2D eigenvalue weighted by Crippen LogP contribution is 2.07. The summed E-state index contributed by atoms with van der Waals surface area (Å²) in [5.41, 5.74) is 4.87. The molecule has 0 fully saturated rings. The lowest BCUT2D eigenvalue weighted by atomic mass is 10.4. The number of carbonyl (C=O) groups excluding carboxylic acids is 1. The van der Waals surface area contributed by atoms with Crippen LogP contribution in [-0.4, -0.2) is 25.7 Å². The quantitative estimate of drug-likeness (QED) is 0.563. The third-order valence-corrected chi connectivity index (χ3v) is 1.52. The van der Waals surface area contributed by atoms with Crippen molar-refractivity contribution in [1.29, 1.82) is 0 Å². The number of hydrogen-bond acceptors (Lipinski definition) is 5. The average Bonchev–Trinajstić information content (AvgIpc) is 2.48. The molecule has 1 amide bonds. The minimum atomic E-state index is -1.98. The summed E-state index contributed by atoms with van der Waals surface area (Å²) < 4.78 is 23.1. The summed E-state index contributed by atoms with van der Waals surface area (Å²) in [6, 6.07) is 1.25. The number of anilines is 1. The Hall–Kier alpha value is -1.41. The summed E-state index contributed by atoms with van der Waals surface area (Å²) >= 11 is -1.98. The number of primary amides is 1. The van der Waals surface area contributed by atoms with E-state index in [9.17, 15) is 9.00 Å². The van der Waals surface area contributed by atoms with Gasteiger partial charge < -0.3 is 20.1 Å². The first-order chi connectivity index (χ1) is 6.09. The molecule has 13 heavy (non-hydrogen) atoms. The second-order valence-corrected chi connectivity index (χ2v) is 3.01. The molecule has 0 saturated heterocycles. The zero-order valence-corrected chi connectivity index (χ0v) is 7.21. The average molecular weight is 205 g/mol. The van der Waals surface area contributed by atoms with Crippen LogP contribution in [0.25, 0.3) is 0 Å².